The summed E-state index contributed by atoms with van der Waals surface area (Å²) in [6, 6.07) is 13.7. The van der Waals surface area contributed by atoms with Crippen LogP contribution in [0.3, 0.4) is 0 Å². The summed E-state index contributed by atoms with van der Waals surface area (Å²) in [4.78, 5) is 13.3. The monoisotopic (exact) mass is 441 g/mol. The molecule has 28 heavy (non-hydrogen) atoms. The van der Waals surface area contributed by atoms with Crippen molar-refractivity contribution in [2.75, 3.05) is 17.2 Å². The fourth-order valence-electron chi connectivity index (χ4n) is 2.69. The molecule has 0 saturated heterocycles. The van der Waals surface area contributed by atoms with Gasteiger partial charge in [-0.1, -0.05) is 48.0 Å². The highest BCUT2D eigenvalue weighted by Gasteiger charge is 2.15. The van der Waals surface area contributed by atoms with Crippen LogP contribution in [0.25, 0.3) is 11.3 Å². The van der Waals surface area contributed by atoms with Crippen LogP contribution in [0, 0.1) is 5.92 Å². The first-order chi connectivity index (χ1) is 13.6. The fraction of sp³-hybridized carbons (Fsp3) is 0.286. The number of aliphatic hydroxyl groups excluding tert-OH is 1. The van der Waals surface area contributed by atoms with Gasteiger partial charge < -0.3 is 15.7 Å². The Morgan fingerprint density at radius 1 is 1.07 bits per heavy atom. The van der Waals surface area contributed by atoms with Gasteiger partial charge in [-0.2, -0.15) is 4.98 Å². The third kappa shape index (κ3) is 5.27. The Bertz CT molecular complexity index is 904. The molecule has 6 nitrogen and oxygen atoms in total. The Morgan fingerprint density at radius 3 is 2.50 bits per heavy atom. The SMILES string of the molecule is CC(C)[C@@H](CO)Nc1nc(NCc2ccccc2Br)cc(-c2ccncc2)n1. The van der Waals surface area contributed by atoms with Gasteiger partial charge in [-0.3, -0.25) is 4.98 Å². The molecule has 2 aromatic heterocycles. The van der Waals surface area contributed by atoms with Crippen molar-refractivity contribution < 1.29 is 5.11 Å². The smallest absolute Gasteiger partial charge is 0.225 e. The van der Waals surface area contributed by atoms with E-state index in [4.69, 9.17) is 0 Å². The summed E-state index contributed by atoms with van der Waals surface area (Å²) in [5.41, 5.74) is 2.88. The minimum absolute atomic E-state index is 0.0141. The minimum Gasteiger partial charge on any atom is -0.394 e. The highest BCUT2D eigenvalue weighted by molar-refractivity contribution is 9.10. The fourth-order valence-corrected chi connectivity index (χ4v) is 3.11. The maximum Gasteiger partial charge on any atom is 0.225 e. The molecule has 146 valence electrons. The number of nitrogens with zero attached hydrogens (tertiary/aromatic N) is 3. The molecule has 0 aliphatic rings. The number of rotatable bonds is 8. The van der Waals surface area contributed by atoms with Crippen LogP contribution in [0.4, 0.5) is 11.8 Å². The highest BCUT2D eigenvalue weighted by Crippen LogP contribution is 2.23. The van der Waals surface area contributed by atoms with Crippen molar-refractivity contribution >= 4 is 27.7 Å². The molecular weight excluding hydrogens is 418 g/mol. The number of nitrogens with one attached hydrogen (secondary N) is 2. The molecule has 0 amide bonds. The van der Waals surface area contributed by atoms with Crippen molar-refractivity contribution in [2.45, 2.75) is 26.4 Å². The van der Waals surface area contributed by atoms with Gasteiger partial charge in [0.05, 0.1) is 18.3 Å². The van der Waals surface area contributed by atoms with E-state index in [0.717, 1.165) is 21.3 Å². The third-order valence-electron chi connectivity index (χ3n) is 4.44. The van der Waals surface area contributed by atoms with Crippen molar-refractivity contribution in [1.29, 1.82) is 0 Å². The van der Waals surface area contributed by atoms with Crippen LogP contribution in [0.5, 0.6) is 0 Å². The summed E-state index contributed by atoms with van der Waals surface area (Å²) >= 11 is 3.57. The molecule has 0 aliphatic carbocycles. The molecule has 0 bridgehead atoms. The molecule has 0 saturated carbocycles. The molecule has 2 heterocycles. The standard InChI is InChI=1S/C21H24BrN5O/c1-14(2)19(13-28)26-21-25-18(15-7-9-23-10-8-15)11-20(27-21)24-12-16-5-3-4-6-17(16)22/h3-11,14,19,28H,12-13H2,1-2H3,(H2,24,25,26,27)/t19-/m1/s1. The first kappa shape index (κ1) is 20.2. The number of aromatic nitrogens is 3. The molecule has 1 atom stereocenters. The zero-order chi connectivity index (χ0) is 19.9. The number of benzene rings is 1. The summed E-state index contributed by atoms with van der Waals surface area (Å²) in [6.45, 7) is 4.74. The molecule has 7 heteroatoms. The van der Waals surface area contributed by atoms with Gasteiger partial charge in [0.25, 0.3) is 0 Å². The predicted molar refractivity (Wildman–Crippen MR) is 116 cm³/mol. The quantitative estimate of drug-likeness (QED) is 0.482. The van der Waals surface area contributed by atoms with Crippen molar-refractivity contribution in [3.63, 3.8) is 0 Å². The lowest BCUT2D eigenvalue weighted by Gasteiger charge is -2.20. The van der Waals surface area contributed by atoms with Crippen LogP contribution in [-0.2, 0) is 6.54 Å². The first-order valence-corrected chi connectivity index (χ1v) is 10.00. The average Bonchev–Trinajstić information content (AvgIpc) is 2.71. The lowest BCUT2D eigenvalue weighted by molar-refractivity contribution is 0.248. The minimum atomic E-state index is -0.121. The van der Waals surface area contributed by atoms with E-state index in [-0.39, 0.29) is 18.6 Å². The van der Waals surface area contributed by atoms with Crippen molar-refractivity contribution in [1.82, 2.24) is 15.0 Å². The van der Waals surface area contributed by atoms with Gasteiger partial charge in [0.15, 0.2) is 0 Å². The topological polar surface area (TPSA) is 83.0 Å². The first-order valence-electron chi connectivity index (χ1n) is 9.21. The maximum atomic E-state index is 9.65. The summed E-state index contributed by atoms with van der Waals surface area (Å²) in [5, 5.41) is 16.3. The lowest BCUT2D eigenvalue weighted by atomic mass is 10.1. The largest absolute Gasteiger partial charge is 0.394 e. The van der Waals surface area contributed by atoms with E-state index in [1.54, 1.807) is 12.4 Å². The van der Waals surface area contributed by atoms with Gasteiger partial charge in [-0.25, -0.2) is 4.98 Å². The Labute approximate surface area is 173 Å². The molecular formula is C21H24BrN5O. The Balaban J connectivity index is 1.89. The van der Waals surface area contributed by atoms with E-state index >= 15 is 0 Å². The Hall–Kier alpha value is -2.51. The van der Waals surface area contributed by atoms with Gasteiger partial charge in [0.2, 0.25) is 5.95 Å². The van der Waals surface area contributed by atoms with E-state index < -0.39 is 0 Å². The molecule has 3 aromatic rings. The number of anilines is 2. The van der Waals surface area contributed by atoms with Gasteiger partial charge in [-0.05, 0) is 29.7 Å². The van der Waals surface area contributed by atoms with E-state index in [9.17, 15) is 5.11 Å². The van der Waals surface area contributed by atoms with Crippen LogP contribution in [0.15, 0.2) is 59.3 Å². The van der Waals surface area contributed by atoms with E-state index in [0.29, 0.717) is 18.3 Å². The number of halogens is 1. The van der Waals surface area contributed by atoms with E-state index in [2.05, 4.69) is 47.6 Å². The molecule has 0 radical (unpaired) electrons. The van der Waals surface area contributed by atoms with Crippen LogP contribution in [0.2, 0.25) is 0 Å². The van der Waals surface area contributed by atoms with Crippen LogP contribution < -0.4 is 10.6 Å². The molecule has 0 fully saturated rings. The van der Waals surface area contributed by atoms with Crippen LogP contribution >= 0.6 is 15.9 Å². The highest BCUT2D eigenvalue weighted by atomic mass is 79.9. The molecule has 3 N–H and O–H groups in total. The van der Waals surface area contributed by atoms with Crippen LogP contribution in [-0.4, -0.2) is 32.7 Å². The summed E-state index contributed by atoms with van der Waals surface area (Å²) < 4.78 is 1.05. The molecule has 0 aliphatic heterocycles. The zero-order valence-electron chi connectivity index (χ0n) is 15.9. The number of aliphatic hydroxyl groups is 1. The van der Waals surface area contributed by atoms with Gasteiger partial charge in [-0.15, -0.1) is 0 Å². The molecule has 0 unspecified atom stereocenters. The third-order valence-corrected chi connectivity index (χ3v) is 5.21. The van der Waals surface area contributed by atoms with E-state index in [1.165, 1.54) is 0 Å². The Morgan fingerprint density at radius 2 is 1.82 bits per heavy atom. The van der Waals surface area contributed by atoms with Gasteiger partial charge in [0, 0.05) is 35.0 Å². The predicted octanol–water partition coefficient (Wildman–Crippen LogP) is 4.34. The molecule has 0 spiro atoms. The second-order valence-corrected chi connectivity index (χ2v) is 7.67. The second kappa shape index (κ2) is 9.61. The number of hydrogen-bond donors (Lipinski definition) is 3. The zero-order valence-corrected chi connectivity index (χ0v) is 17.5. The average molecular weight is 442 g/mol. The van der Waals surface area contributed by atoms with E-state index in [1.807, 2.05) is 50.2 Å². The molecule has 1 aromatic carbocycles. The lowest BCUT2D eigenvalue weighted by Crippen LogP contribution is -2.30. The second-order valence-electron chi connectivity index (χ2n) is 6.82. The maximum absolute atomic E-state index is 9.65. The van der Waals surface area contributed by atoms with Crippen molar-refractivity contribution in [3.8, 4) is 11.3 Å². The molecule has 3 rings (SSSR count). The number of hydrogen-bond acceptors (Lipinski definition) is 6. The number of pyridine rings is 1. The van der Waals surface area contributed by atoms with Crippen LogP contribution in [0.1, 0.15) is 19.4 Å². The summed E-state index contributed by atoms with van der Waals surface area (Å²) in [7, 11) is 0. The Kier molecular flexibility index (Phi) is 6.95. The van der Waals surface area contributed by atoms with Crippen molar-refractivity contribution in [3.05, 3.63) is 64.9 Å². The van der Waals surface area contributed by atoms with Crippen molar-refractivity contribution in [2.24, 2.45) is 5.92 Å². The van der Waals surface area contributed by atoms with Gasteiger partial charge >= 0.3 is 0 Å². The normalized spacial score (nSPS) is 12.0. The summed E-state index contributed by atoms with van der Waals surface area (Å²) in [6.07, 6.45) is 3.48. The summed E-state index contributed by atoms with van der Waals surface area (Å²) in [5.74, 6) is 1.44. The van der Waals surface area contributed by atoms with Gasteiger partial charge in [0.1, 0.15) is 5.82 Å².